The molecular formula is C21H18F2N2O5. The molecule has 1 atom stereocenters. The Morgan fingerprint density at radius 3 is 2.43 bits per heavy atom. The minimum absolute atomic E-state index is 0.00178. The van der Waals surface area contributed by atoms with E-state index in [0.29, 0.717) is 11.6 Å². The number of carbonyl (C=O) groups is 3. The van der Waals surface area contributed by atoms with E-state index in [2.05, 4.69) is 10.6 Å². The largest absolute Gasteiger partial charge is 0.463 e. The second-order valence-electron chi connectivity index (χ2n) is 6.26. The monoisotopic (exact) mass is 416 g/mol. The molecule has 2 aromatic carbocycles. The van der Waals surface area contributed by atoms with Gasteiger partial charge in [-0.1, -0.05) is 30.3 Å². The van der Waals surface area contributed by atoms with Crippen molar-refractivity contribution in [3.8, 4) is 0 Å². The van der Waals surface area contributed by atoms with Gasteiger partial charge in [0.15, 0.2) is 0 Å². The number of carbonyl (C=O) groups excluding carboxylic acids is 3. The molecule has 0 spiro atoms. The molecule has 0 saturated carbocycles. The average Bonchev–Trinajstić information content (AvgIpc) is 2.72. The Balaban J connectivity index is 1.91. The van der Waals surface area contributed by atoms with E-state index in [4.69, 9.17) is 9.47 Å². The van der Waals surface area contributed by atoms with Gasteiger partial charge in [0.2, 0.25) is 0 Å². The molecule has 0 saturated heterocycles. The van der Waals surface area contributed by atoms with E-state index in [0.717, 1.165) is 12.1 Å². The van der Waals surface area contributed by atoms with Crippen LogP contribution in [0.15, 0.2) is 59.8 Å². The lowest BCUT2D eigenvalue weighted by atomic mass is 9.95. The van der Waals surface area contributed by atoms with E-state index < -0.39 is 47.8 Å². The topological polar surface area (TPSA) is 93.7 Å². The normalized spacial score (nSPS) is 15.8. The number of benzene rings is 2. The van der Waals surface area contributed by atoms with Gasteiger partial charge < -0.3 is 20.1 Å². The first kappa shape index (κ1) is 21.0. The van der Waals surface area contributed by atoms with Crippen LogP contribution in [0.25, 0.3) is 0 Å². The summed E-state index contributed by atoms with van der Waals surface area (Å²) in [5, 5.41) is 5.07. The van der Waals surface area contributed by atoms with Crippen molar-refractivity contribution in [3.63, 3.8) is 0 Å². The third kappa shape index (κ3) is 4.62. The maximum atomic E-state index is 13.8. The molecular weight excluding hydrogens is 398 g/mol. The molecule has 9 heteroatoms. The summed E-state index contributed by atoms with van der Waals surface area (Å²) >= 11 is 0. The van der Waals surface area contributed by atoms with Gasteiger partial charge in [0.1, 0.15) is 18.2 Å². The standard InChI is InChI=1S/C21H18F2N2O5/c1-2-29-20(27)17-16(11-30-19(26)14-9-8-13(22)10-15(14)23)24-21(28)25-18(17)12-6-4-3-5-7-12/h3-10,18H,2,11H2,1H3,(H2,24,25,28)/t18-/m1/s1. The number of urea groups is 1. The van der Waals surface area contributed by atoms with Crippen molar-refractivity contribution in [1.82, 2.24) is 10.6 Å². The summed E-state index contributed by atoms with van der Waals surface area (Å²) in [5.41, 5.74) is 0.190. The molecule has 2 N–H and O–H groups in total. The van der Waals surface area contributed by atoms with Gasteiger partial charge in [-0.2, -0.15) is 0 Å². The Morgan fingerprint density at radius 2 is 1.77 bits per heavy atom. The number of hydrogen-bond donors (Lipinski definition) is 2. The lowest BCUT2D eigenvalue weighted by Gasteiger charge is -2.29. The van der Waals surface area contributed by atoms with Gasteiger partial charge >= 0.3 is 18.0 Å². The molecule has 3 rings (SSSR count). The van der Waals surface area contributed by atoms with Gasteiger partial charge in [-0.15, -0.1) is 0 Å². The summed E-state index contributed by atoms with van der Waals surface area (Å²) in [6.45, 7) is 1.19. The number of ether oxygens (including phenoxy) is 2. The highest BCUT2D eigenvalue weighted by Crippen LogP contribution is 2.28. The van der Waals surface area contributed by atoms with Gasteiger partial charge in [-0.05, 0) is 24.6 Å². The third-order valence-corrected chi connectivity index (χ3v) is 4.28. The van der Waals surface area contributed by atoms with E-state index in [9.17, 15) is 23.2 Å². The zero-order valence-corrected chi connectivity index (χ0v) is 15.9. The van der Waals surface area contributed by atoms with Crippen molar-refractivity contribution >= 4 is 18.0 Å². The van der Waals surface area contributed by atoms with Crippen LogP contribution in [0.3, 0.4) is 0 Å². The predicted molar refractivity (Wildman–Crippen MR) is 101 cm³/mol. The van der Waals surface area contributed by atoms with Crippen LogP contribution in [0, 0.1) is 11.6 Å². The summed E-state index contributed by atoms with van der Waals surface area (Å²) in [7, 11) is 0. The van der Waals surface area contributed by atoms with Gasteiger partial charge in [0.25, 0.3) is 0 Å². The van der Waals surface area contributed by atoms with Crippen LogP contribution in [0.4, 0.5) is 13.6 Å². The Bertz CT molecular complexity index is 1010. The van der Waals surface area contributed by atoms with E-state index in [-0.39, 0.29) is 17.9 Å². The molecule has 0 aliphatic carbocycles. The van der Waals surface area contributed by atoms with E-state index >= 15 is 0 Å². The molecule has 7 nitrogen and oxygen atoms in total. The van der Waals surface area contributed by atoms with E-state index in [1.165, 1.54) is 0 Å². The summed E-state index contributed by atoms with van der Waals surface area (Å²) in [6.07, 6.45) is 0. The SMILES string of the molecule is CCOC(=O)C1=C(COC(=O)c2ccc(F)cc2F)NC(=O)N[C@@H]1c1ccccc1. The molecule has 0 fully saturated rings. The zero-order chi connectivity index (χ0) is 21.7. The van der Waals surface area contributed by atoms with Crippen molar-refractivity contribution in [2.24, 2.45) is 0 Å². The first-order valence-electron chi connectivity index (χ1n) is 9.05. The number of rotatable bonds is 6. The highest BCUT2D eigenvalue weighted by atomic mass is 19.1. The second-order valence-corrected chi connectivity index (χ2v) is 6.26. The first-order valence-corrected chi connectivity index (χ1v) is 9.05. The third-order valence-electron chi connectivity index (χ3n) is 4.28. The fourth-order valence-corrected chi connectivity index (χ4v) is 2.95. The van der Waals surface area contributed by atoms with Crippen LogP contribution >= 0.6 is 0 Å². The molecule has 156 valence electrons. The first-order chi connectivity index (χ1) is 14.4. The van der Waals surface area contributed by atoms with E-state index in [1.807, 2.05) is 0 Å². The number of hydrogen-bond acceptors (Lipinski definition) is 5. The van der Waals surface area contributed by atoms with Gasteiger partial charge in [0.05, 0.1) is 29.5 Å². The van der Waals surface area contributed by atoms with Crippen molar-refractivity contribution in [3.05, 3.63) is 82.6 Å². The highest BCUT2D eigenvalue weighted by molar-refractivity contribution is 5.95. The lowest BCUT2D eigenvalue weighted by molar-refractivity contribution is -0.139. The minimum atomic E-state index is -1.09. The van der Waals surface area contributed by atoms with Crippen LogP contribution in [-0.2, 0) is 14.3 Å². The molecule has 1 heterocycles. The van der Waals surface area contributed by atoms with Crippen molar-refractivity contribution in [1.29, 1.82) is 0 Å². The quantitative estimate of drug-likeness (QED) is 0.707. The smallest absolute Gasteiger partial charge is 0.341 e. The van der Waals surface area contributed by atoms with Crippen LogP contribution in [0.5, 0.6) is 0 Å². The molecule has 0 aromatic heterocycles. The number of amides is 2. The van der Waals surface area contributed by atoms with Gasteiger partial charge in [0, 0.05) is 6.07 Å². The fourth-order valence-electron chi connectivity index (χ4n) is 2.95. The van der Waals surface area contributed by atoms with E-state index in [1.54, 1.807) is 37.3 Å². The average molecular weight is 416 g/mol. The summed E-state index contributed by atoms with van der Waals surface area (Å²) in [6, 6.07) is 9.65. The summed E-state index contributed by atoms with van der Waals surface area (Å²) < 4.78 is 37.0. The molecule has 0 unspecified atom stereocenters. The Kier molecular flexibility index (Phi) is 6.41. The molecule has 0 radical (unpaired) electrons. The Morgan fingerprint density at radius 1 is 1.03 bits per heavy atom. The lowest BCUT2D eigenvalue weighted by Crippen LogP contribution is -2.47. The van der Waals surface area contributed by atoms with Crippen molar-refractivity contribution < 1.29 is 32.6 Å². The Labute approximate surface area is 170 Å². The fraction of sp³-hybridized carbons (Fsp3) is 0.190. The summed E-state index contributed by atoms with van der Waals surface area (Å²) in [5.74, 6) is -3.71. The predicted octanol–water partition coefficient (Wildman–Crippen LogP) is 2.99. The zero-order valence-electron chi connectivity index (χ0n) is 15.9. The molecule has 1 aliphatic rings. The van der Waals surface area contributed by atoms with Crippen LogP contribution in [-0.4, -0.2) is 31.2 Å². The molecule has 1 aliphatic heterocycles. The number of esters is 2. The maximum absolute atomic E-state index is 13.8. The maximum Gasteiger partial charge on any atom is 0.341 e. The molecule has 2 amide bonds. The van der Waals surface area contributed by atoms with Crippen molar-refractivity contribution in [2.75, 3.05) is 13.2 Å². The summed E-state index contributed by atoms with van der Waals surface area (Å²) in [4.78, 5) is 36.9. The Hall–Kier alpha value is -3.75. The van der Waals surface area contributed by atoms with Gasteiger partial charge in [-0.25, -0.2) is 23.2 Å². The minimum Gasteiger partial charge on any atom is -0.463 e. The van der Waals surface area contributed by atoms with Crippen LogP contribution in [0.2, 0.25) is 0 Å². The molecule has 30 heavy (non-hydrogen) atoms. The second kappa shape index (κ2) is 9.17. The van der Waals surface area contributed by atoms with Crippen LogP contribution in [0.1, 0.15) is 28.9 Å². The number of nitrogens with one attached hydrogen (secondary N) is 2. The van der Waals surface area contributed by atoms with Crippen LogP contribution < -0.4 is 10.6 Å². The molecule has 2 aromatic rings. The molecule has 0 bridgehead atoms. The van der Waals surface area contributed by atoms with Gasteiger partial charge in [-0.3, -0.25) is 0 Å². The number of halogens is 2. The highest BCUT2D eigenvalue weighted by Gasteiger charge is 2.34. The van der Waals surface area contributed by atoms with Crippen molar-refractivity contribution in [2.45, 2.75) is 13.0 Å².